The van der Waals surface area contributed by atoms with Gasteiger partial charge in [0.05, 0.1) is 29.4 Å². The average molecular weight is 482 g/mol. The molecule has 4 rings (SSSR count). The molecule has 0 amide bonds. The van der Waals surface area contributed by atoms with Crippen LogP contribution in [0.15, 0.2) is 77.7 Å². The van der Waals surface area contributed by atoms with Crippen LogP contribution in [0.3, 0.4) is 0 Å². The number of ether oxygens (including phenoxy) is 1. The van der Waals surface area contributed by atoms with E-state index in [2.05, 4.69) is 0 Å². The summed E-state index contributed by atoms with van der Waals surface area (Å²) in [5.74, 6) is -0.912. The van der Waals surface area contributed by atoms with Crippen molar-refractivity contribution in [2.24, 2.45) is 0 Å². The van der Waals surface area contributed by atoms with E-state index in [4.69, 9.17) is 21.4 Å². The molecule has 6 nitrogen and oxygen atoms in total. The predicted molar refractivity (Wildman–Crippen MR) is 127 cm³/mol. The molecule has 0 bridgehead atoms. The van der Waals surface area contributed by atoms with Crippen molar-refractivity contribution in [3.05, 3.63) is 111 Å². The predicted octanol–water partition coefficient (Wildman–Crippen LogP) is 5.22. The van der Waals surface area contributed by atoms with Crippen LogP contribution in [0.25, 0.3) is 10.9 Å². The molecule has 0 aliphatic rings. The number of nitrogens with zero attached hydrogens (tertiary/aromatic N) is 1. The minimum Gasteiger partial charge on any atom is -0.449 e. The lowest BCUT2D eigenvalue weighted by molar-refractivity contribution is 0.143. The summed E-state index contributed by atoms with van der Waals surface area (Å²) in [5.41, 5.74) is 1.84. The van der Waals surface area contributed by atoms with Gasteiger partial charge in [-0.15, -0.1) is 0 Å². The molecule has 34 heavy (non-hydrogen) atoms. The number of carbonyl (C=O) groups is 1. The Hall–Kier alpha value is -3.68. The molecule has 3 aromatic carbocycles. The van der Waals surface area contributed by atoms with Gasteiger partial charge in [0.15, 0.2) is 5.75 Å². The van der Waals surface area contributed by atoms with Crippen LogP contribution in [-0.2, 0) is 12.8 Å². The number of halogens is 2. The summed E-state index contributed by atoms with van der Waals surface area (Å²) in [5, 5.41) is 19.5. The number of hydrogen-bond donors (Lipinski definition) is 2. The summed E-state index contributed by atoms with van der Waals surface area (Å²) in [6.07, 6.45) is 0.305. The van der Waals surface area contributed by atoms with Crippen LogP contribution in [0, 0.1) is 5.82 Å². The van der Waals surface area contributed by atoms with Crippen LogP contribution in [0.4, 0.5) is 9.18 Å². The van der Waals surface area contributed by atoms with Gasteiger partial charge in [-0.2, -0.15) is 0 Å². The SMILES string of the molecule is O=C(O)Oc1cn([C@H](CO)Cc2ccccc2)c2ccc(Cc3cccc(Cl)c3F)cc2c1=O. The molecule has 0 saturated heterocycles. The fraction of sp³-hybridized carbons (Fsp3) is 0.154. The van der Waals surface area contributed by atoms with Crippen molar-refractivity contribution in [1.82, 2.24) is 4.57 Å². The molecule has 0 fully saturated rings. The number of hydrogen-bond acceptors (Lipinski definition) is 4. The Morgan fingerprint density at radius 2 is 1.82 bits per heavy atom. The van der Waals surface area contributed by atoms with Crippen molar-refractivity contribution in [3.8, 4) is 5.75 Å². The second-order valence-corrected chi connectivity index (χ2v) is 8.27. The van der Waals surface area contributed by atoms with Crippen LogP contribution in [0.2, 0.25) is 5.02 Å². The highest BCUT2D eigenvalue weighted by Crippen LogP contribution is 2.26. The zero-order valence-corrected chi connectivity index (χ0v) is 18.7. The van der Waals surface area contributed by atoms with E-state index in [0.717, 1.165) is 5.56 Å². The van der Waals surface area contributed by atoms with Gasteiger partial charge in [-0.25, -0.2) is 9.18 Å². The Kier molecular flexibility index (Phi) is 6.95. The van der Waals surface area contributed by atoms with Crippen molar-refractivity contribution in [3.63, 3.8) is 0 Å². The number of carboxylic acid groups (broad SMARTS) is 1. The number of aliphatic hydroxyl groups is 1. The van der Waals surface area contributed by atoms with E-state index in [1.807, 2.05) is 30.3 Å². The van der Waals surface area contributed by atoms with E-state index in [9.17, 15) is 19.1 Å². The highest BCUT2D eigenvalue weighted by molar-refractivity contribution is 6.30. The third kappa shape index (κ3) is 4.95. The second-order valence-electron chi connectivity index (χ2n) is 7.87. The fourth-order valence-electron chi connectivity index (χ4n) is 4.00. The van der Waals surface area contributed by atoms with Crippen molar-refractivity contribution >= 4 is 28.7 Å². The first kappa shape index (κ1) is 23.5. The molecule has 0 aliphatic carbocycles. The molecule has 0 unspecified atom stereocenters. The van der Waals surface area contributed by atoms with Crippen LogP contribution in [0.1, 0.15) is 22.7 Å². The van der Waals surface area contributed by atoms with Crippen LogP contribution < -0.4 is 10.2 Å². The lowest BCUT2D eigenvalue weighted by Gasteiger charge is -2.22. The van der Waals surface area contributed by atoms with E-state index in [1.165, 1.54) is 12.3 Å². The Morgan fingerprint density at radius 3 is 2.53 bits per heavy atom. The summed E-state index contributed by atoms with van der Waals surface area (Å²) in [4.78, 5) is 24.3. The molecular formula is C26H21ClFNO5. The van der Waals surface area contributed by atoms with E-state index in [0.29, 0.717) is 23.1 Å². The van der Waals surface area contributed by atoms with Crippen LogP contribution in [0.5, 0.6) is 5.75 Å². The number of rotatable bonds is 7. The first-order valence-corrected chi connectivity index (χ1v) is 10.9. The third-order valence-electron chi connectivity index (χ3n) is 5.61. The van der Waals surface area contributed by atoms with Crippen LogP contribution >= 0.6 is 11.6 Å². The molecule has 174 valence electrons. The maximum atomic E-state index is 14.4. The maximum absolute atomic E-state index is 14.4. The molecule has 1 aromatic heterocycles. The van der Waals surface area contributed by atoms with E-state index in [-0.39, 0.29) is 29.2 Å². The molecule has 8 heteroatoms. The van der Waals surface area contributed by atoms with Gasteiger partial charge in [0.2, 0.25) is 5.43 Å². The molecule has 1 atom stereocenters. The van der Waals surface area contributed by atoms with E-state index < -0.39 is 23.4 Å². The number of pyridine rings is 1. The Labute approximate surface area is 199 Å². The van der Waals surface area contributed by atoms with E-state index in [1.54, 1.807) is 34.9 Å². The zero-order chi connectivity index (χ0) is 24.2. The van der Waals surface area contributed by atoms with Gasteiger partial charge in [-0.05, 0) is 41.3 Å². The van der Waals surface area contributed by atoms with Gasteiger partial charge in [-0.3, -0.25) is 4.79 Å². The molecule has 0 spiro atoms. The van der Waals surface area contributed by atoms with Gasteiger partial charge in [0.25, 0.3) is 0 Å². The second kappa shape index (κ2) is 10.1. The van der Waals surface area contributed by atoms with Crippen molar-refractivity contribution in [1.29, 1.82) is 0 Å². The van der Waals surface area contributed by atoms with Crippen molar-refractivity contribution in [2.45, 2.75) is 18.9 Å². The fourth-order valence-corrected chi connectivity index (χ4v) is 4.19. The van der Waals surface area contributed by atoms with Crippen molar-refractivity contribution < 1.29 is 24.1 Å². The molecule has 2 N–H and O–H groups in total. The van der Waals surface area contributed by atoms with Gasteiger partial charge >= 0.3 is 6.16 Å². The third-order valence-corrected chi connectivity index (χ3v) is 5.90. The molecule has 0 saturated carbocycles. The average Bonchev–Trinajstić information content (AvgIpc) is 2.83. The molecule has 4 aromatic rings. The molecular weight excluding hydrogens is 461 g/mol. The summed E-state index contributed by atoms with van der Waals surface area (Å²) in [7, 11) is 0. The standard InChI is InChI=1S/C26H21ClFNO5/c27-21-8-4-7-18(24(21)28)11-17-9-10-22-20(13-17)25(31)23(34-26(32)33)14-29(22)19(15-30)12-16-5-2-1-3-6-16/h1-10,13-14,19,30H,11-12,15H2,(H,32,33)/t19-/m0/s1. The number of benzene rings is 3. The summed E-state index contributed by atoms with van der Waals surface area (Å²) in [6.45, 7) is -0.255. The minimum absolute atomic E-state index is 0.00416. The summed E-state index contributed by atoms with van der Waals surface area (Å²) in [6, 6.07) is 18.7. The summed E-state index contributed by atoms with van der Waals surface area (Å²) < 4.78 is 20.8. The van der Waals surface area contributed by atoms with Gasteiger partial charge < -0.3 is 19.5 Å². The highest BCUT2D eigenvalue weighted by atomic mass is 35.5. The van der Waals surface area contributed by atoms with Gasteiger partial charge in [0, 0.05) is 11.8 Å². The van der Waals surface area contributed by atoms with Gasteiger partial charge in [-0.1, -0.05) is 60.1 Å². The Morgan fingerprint density at radius 1 is 1.06 bits per heavy atom. The van der Waals surface area contributed by atoms with Crippen LogP contribution in [-0.4, -0.2) is 27.5 Å². The quantitative estimate of drug-likeness (QED) is 0.353. The first-order chi connectivity index (χ1) is 16.4. The van der Waals surface area contributed by atoms with Crippen molar-refractivity contribution in [2.75, 3.05) is 6.61 Å². The summed E-state index contributed by atoms with van der Waals surface area (Å²) >= 11 is 5.88. The minimum atomic E-state index is -1.62. The zero-order valence-electron chi connectivity index (χ0n) is 17.9. The normalized spacial score (nSPS) is 12.0. The maximum Gasteiger partial charge on any atom is 0.511 e. The topological polar surface area (TPSA) is 88.8 Å². The number of fused-ring (bicyclic) bond motifs is 1. The molecule has 1 heterocycles. The number of aromatic nitrogens is 1. The lowest BCUT2D eigenvalue weighted by Crippen LogP contribution is -2.22. The molecule has 0 aliphatic heterocycles. The highest BCUT2D eigenvalue weighted by Gasteiger charge is 2.19. The lowest BCUT2D eigenvalue weighted by atomic mass is 10.0. The smallest absolute Gasteiger partial charge is 0.449 e. The monoisotopic (exact) mass is 481 g/mol. The number of aliphatic hydroxyl groups excluding tert-OH is 1. The largest absolute Gasteiger partial charge is 0.511 e. The van der Waals surface area contributed by atoms with Gasteiger partial charge in [0.1, 0.15) is 5.82 Å². The van der Waals surface area contributed by atoms with E-state index >= 15 is 0 Å². The first-order valence-electron chi connectivity index (χ1n) is 10.5. The Bertz CT molecular complexity index is 1400. The molecule has 0 radical (unpaired) electrons. The Balaban J connectivity index is 1.83.